The highest BCUT2D eigenvalue weighted by Crippen LogP contribution is 2.37. The van der Waals surface area contributed by atoms with Gasteiger partial charge in [-0.1, -0.05) is 6.07 Å². The normalized spacial score (nSPS) is 12.4. The number of benzene rings is 2. The third-order valence-electron chi connectivity index (χ3n) is 4.79. The molecule has 0 aliphatic heterocycles. The summed E-state index contributed by atoms with van der Waals surface area (Å²) in [4.78, 5) is 0. The number of aliphatic hydroxyl groups is 1. The van der Waals surface area contributed by atoms with Gasteiger partial charge in [0.1, 0.15) is 17.2 Å². The Kier molecular flexibility index (Phi) is 4.85. The lowest BCUT2D eigenvalue weighted by molar-refractivity contribution is 0.163. The highest BCUT2D eigenvalue weighted by atomic mass is 16.3. The molecule has 0 heterocycles. The maximum absolute atomic E-state index is 10.5. The van der Waals surface area contributed by atoms with Crippen molar-refractivity contribution in [2.45, 2.75) is 46.6 Å². The van der Waals surface area contributed by atoms with Crippen LogP contribution in [0.15, 0.2) is 18.2 Å². The van der Waals surface area contributed by atoms with E-state index >= 15 is 0 Å². The third kappa shape index (κ3) is 3.27. The largest absolute Gasteiger partial charge is 0.508 e. The molecule has 4 nitrogen and oxygen atoms in total. The molecule has 0 spiro atoms. The monoisotopic (exact) mass is 316 g/mol. The van der Waals surface area contributed by atoms with Crippen LogP contribution in [0.1, 0.15) is 45.9 Å². The molecule has 23 heavy (non-hydrogen) atoms. The summed E-state index contributed by atoms with van der Waals surface area (Å²) in [5, 5.41) is 40.1. The maximum atomic E-state index is 10.5. The van der Waals surface area contributed by atoms with E-state index in [0.29, 0.717) is 24.0 Å². The van der Waals surface area contributed by atoms with E-state index in [1.807, 2.05) is 27.7 Å². The molecule has 4 heteroatoms. The Morgan fingerprint density at radius 1 is 0.870 bits per heavy atom. The molecule has 0 saturated carbocycles. The molecule has 0 bridgehead atoms. The molecule has 0 amide bonds. The number of hydrogen-bond donors (Lipinski definition) is 4. The zero-order chi connectivity index (χ0) is 17.3. The van der Waals surface area contributed by atoms with Gasteiger partial charge in [0.2, 0.25) is 0 Å². The van der Waals surface area contributed by atoms with Crippen molar-refractivity contribution in [1.29, 1.82) is 0 Å². The second kappa shape index (κ2) is 6.50. The number of aryl methyl sites for hydroxylation is 1. The second-order valence-corrected chi connectivity index (χ2v) is 6.13. The van der Waals surface area contributed by atoms with Crippen molar-refractivity contribution in [2.24, 2.45) is 0 Å². The number of phenols is 3. The molecule has 124 valence electrons. The summed E-state index contributed by atoms with van der Waals surface area (Å²) in [5.74, 6) is 0.160. The van der Waals surface area contributed by atoms with Crippen LogP contribution in [0, 0.1) is 27.7 Å². The average molecular weight is 316 g/mol. The number of aromatic hydroxyl groups is 3. The Hall–Kier alpha value is -2.20. The highest BCUT2D eigenvalue weighted by molar-refractivity contribution is 5.54. The van der Waals surface area contributed by atoms with E-state index in [0.717, 1.165) is 22.3 Å². The summed E-state index contributed by atoms with van der Waals surface area (Å²) in [7, 11) is 0. The number of hydrogen-bond acceptors (Lipinski definition) is 4. The fourth-order valence-electron chi connectivity index (χ4n) is 2.93. The van der Waals surface area contributed by atoms with Crippen molar-refractivity contribution < 1.29 is 20.4 Å². The van der Waals surface area contributed by atoms with Crippen molar-refractivity contribution in [1.82, 2.24) is 0 Å². The fourth-order valence-corrected chi connectivity index (χ4v) is 2.93. The van der Waals surface area contributed by atoms with Crippen LogP contribution in [0.25, 0.3) is 0 Å². The molecule has 1 unspecified atom stereocenters. The molecule has 0 fully saturated rings. The summed E-state index contributed by atoms with van der Waals surface area (Å²) in [6.07, 6.45) is -0.00602. The number of phenolic OH excluding ortho intramolecular Hbond substituents is 3. The van der Waals surface area contributed by atoms with Gasteiger partial charge in [0, 0.05) is 11.6 Å². The van der Waals surface area contributed by atoms with E-state index in [9.17, 15) is 20.4 Å². The first kappa shape index (κ1) is 17.2. The van der Waals surface area contributed by atoms with Crippen LogP contribution in [-0.2, 0) is 6.42 Å². The molecule has 0 aliphatic rings. The number of aliphatic hydroxyl groups excluding tert-OH is 1. The molecule has 2 aromatic carbocycles. The van der Waals surface area contributed by atoms with Gasteiger partial charge in [-0.15, -0.1) is 0 Å². The molecular weight excluding hydrogens is 292 g/mol. The summed E-state index contributed by atoms with van der Waals surface area (Å²) in [6.45, 7) is 7.69. The predicted octanol–water partition coefficient (Wildman–Crippen LogP) is 3.70. The number of rotatable bonds is 4. The minimum Gasteiger partial charge on any atom is -0.508 e. The Bertz CT molecular complexity index is 706. The highest BCUT2D eigenvalue weighted by Gasteiger charge is 2.21. The van der Waals surface area contributed by atoms with E-state index in [1.54, 1.807) is 6.07 Å². The minimum absolute atomic E-state index is 0.00470. The van der Waals surface area contributed by atoms with Crippen molar-refractivity contribution in [3.05, 3.63) is 51.6 Å². The topological polar surface area (TPSA) is 80.9 Å². The van der Waals surface area contributed by atoms with Crippen molar-refractivity contribution in [3.8, 4) is 17.2 Å². The Morgan fingerprint density at radius 2 is 1.48 bits per heavy atom. The first-order valence-corrected chi connectivity index (χ1v) is 7.72. The first-order chi connectivity index (χ1) is 10.7. The van der Waals surface area contributed by atoms with Gasteiger partial charge in [-0.25, -0.2) is 0 Å². The smallest absolute Gasteiger partial charge is 0.124 e. The molecule has 0 radical (unpaired) electrons. The third-order valence-corrected chi connectivity index (χ3v) is 4.79. The van der Waals surface area contributed by atoms with Crippen LogP contribution in [0.5, 0.6) is 17.2 Å². The molecule has 0 aliphatic carbocycles. The molecule has 4 N–H and O–H groups in total. The van der Waals surface area contributed by atoms with E-state index < -0.39 is 6.10 Å². The predicted molar refractivity (Wildman–Crippen MR) is 90.1 cm³/mol. The minimum atomic E-state index is -0.818. The van der Waals surface area contributed by atoms with E-state index in [2.05, 4.69) is 0 Å². The van der Waals surface area contributed by atoms with Crippen LogP contribution in [-0.4, -0.2) is 20.4 Å². The quantitative estimate of drug-likeness (QED) is 0.693. The van der Waals surface area contributed by atoms with Gasteiger partial charge >= 0.3 is 0 Å². The second-order valence-electron chi connectivity index (χ2n) is 6.13. The Morgan fingerprint density at radius 3 is 2.09 bits per heavy atom. The maximum Gasteiger partial charge on any atom is 0.124 e. The Labute approximate surface area is 136 Å². The van der Waals surface area contributed by atoms with Crippen LogP contribution in [0.2, 0.25) is 0 Å². The Balaban J connectivity index is 2.26. The van der Waals surface area contributed by atoms with Crippen LogP contribution in [0.4, 0.5) is 0 Å². The van der Waals surface area contributed by atoms with Crippen molar-refractivity contribution >= 4 is 0 Å². The van der Waals surface area contributed by atoms with Crippen molar-refractivity contribution in [2.75, 3.05) is 0 Å². The van der Waals surface area contributed by atoms with Crippen molar-refractivity contribution in [3.63, 3.8) is 0 Å². The zero-order valence-corrected chi connectivity index (χ0v) is 14.0. The molecule has 1 atom stereocenters. The molecule has 0 saturated heterocycles. The average Bonchev–Trinajstić information content (AvgIpc) is 2.50. The van der Waals surface area contributed by atoms with Gasteiger partial charge in [-0.3, -0.25) is 0 Å². The van der Waals surface area contributed by atoms with Gasteiger partial charge < -0.3 is 20.4 Å². The first-order valence-electron chi connectivity index (χ1n) is 7.72. The summed E-state index contributed by atoms with van der Waals surface area (Å²) in [5.41, 5.74) is 5.00. The fraction of sp³-hybridized carbons (Fsp3) is 0.368. The van der Waals surface area contributed by atoms with Gasteiger partial charge in [0.05, 0.1) is 6.10 Å². The van der Waals surface area contributed by atoms with Crippen LogP contribution < -0.4 is 0 Å². The van der Waals surface area contributed by atoms with E-state index in [-0.39, 0.29) is 17.2 Å². The molecular formula is C19H24O4. The zero-order valence-electron chi connectivity index (χ0n) is 14.0. The molecule has 0 aromatic heterocycles. The summed E-state index contributed by atoms with van der Waals surface area (Å²) >= 11 is 0. The van der Waals surface area contributed by atoms with Crippen LogP contribution >= 0.6 is 0 Å². The molecule has 2 aromatic rings. The molecule has 2 rings (SSSR count). The van der Waals surface area contributed by atoms with E-state index in [4.69, 9.17) is 0 Å². The summed E-state index contributed by atoms with van der Waals surface area (Å²) < 4.78 is 0. The lowest BCUT2D eigenvalue weighted by atomic mass is 9.89. The lowest BCUT2D eigenvalue weighted by Crippen LogP contribution is -2.06. The van der Waals surface area contributed by atoms with Crippen LogP contribution in [0.3, 0.4) is 0 Å². The van der Waals surface area contributed by atoms with Gasteiger partial charge in [0.25, 0.3) is 0 Å². The van der Waals surface area contributed by atoms with Gasteiger partial charge in [-0.05, 0) is 74.4 Å². The SMILES string of the molecule is Cc1c(C)c(C)c(C(O)CCc2ccc(O)cc2O)c(O)c1C. The van der Waals surface area contributed by atoms with E-state index in [1.165, 1.54) is 12.1 Å². The standard InChI is InChI=1S/C19H24O4/c1-10-11(2)13(4)19(23)18(12(10)3)16(21)8-6-14-5-7-15(20)9-17(14)22/h5,7,9,16,20-23H,6,8H2,1-4H3. The lowest BCUT2D eigenvalue weighted by Gasteiger charge is -2.21. The summed E-state index contributed by atoms with van der Waals surface area (Å²) in [6, 6.07) is 4.42. The van der Waals surface area contributed by atoms with Gasteiger partial charge in [0.15, 0.2) is 0 Å². The van der Waals surface area contributed by atoms with Gasteiger partial charge in [-0.2, -0.15) is 0 Å².